The number of nitrogens with zero attached hydrogens (tertiary/aromatic N) is 2. The van der Waals surface area contributed by atoms with Gasteiger partial charge < -0.3 is 19.6 Å². The molecule has 6 nitrogen and oxygen atoms in total. The molecule has 0 spiro atoms. The second kappa shape index (κ2) is 11.3. The minimum absolute atomic E-state index is 0.00484. The lowest BCUT2D eigenvalue weighted by molar-refractivity contribution is -0.140. The van der Waals surface area contributed by atoms with Gasteiger partial charge in [-0.25, -0.2) is 0 Å². The lowest BCUT2D eigenvalue weighted by Crippen LogP contribution is -2.38. The SMILES string of the molecule is CCN(CC)CCN1C(=O)C(=O)C(=C(O)c2ccc(OC(C)C)cc2)C1c1ccc(Cl)c(Cl)c1. The van der Waals surface area contributed by atoms with E-state index in [1.807, 2.05) is 27.7 Å². The van der Waals surface area contributed by atoms with Gasteiger partial charge in [0.1, 0.15) is 11.5 Å². The summed E-state index contributed by atoms with van der Waals surface area (Å²) in [5.41, 5.74) is 1.05. The second-order valence-electron chi connectivity index (χ2n) is 8.38. The zero-order chi connectivity index (χ0) is 25.0. The van der Waals surface area contributed by atoms with E-state index in [4.69, 9.17) is 27.9 Å². The fourth-order valence-corrected chi connectivity index (χ4v) is 4.35. The first-order chi connectivity index (χ1) is 16.2. The van der Waals surface area contributed by atoms with Crippen LogP contribution in [0, 0.1) is 0 Å². The molecule has 1 atom stereocenters. The highest BCUT2D eigenvalue weighted by Crippen LogP contribution is 2.41. The van der Waals surface area contributed by atoms with Crippen molar-refractivity contribution in [3.05, 3.63) is 69.2 Å². The molecule has 2 aromatic rings. The Morgan fingerprint density at radius 1 is 1.06 bits per heavy atom. The first-order valence-corrected chi connectivity index (χ1v) is 12.2. The molecule has 2 aromatic carbocycles. The molecular weight excluding hydrogens is 475 g/mol. The van der Waals surface area contributed by atoms with Crippen LogP contribution in [0.1, 0.15) is 44.9 Å². The van der Waals surface area contributed by atoms with Gasteiger partial charge in [0.15, 0.2) is 0 Å². The van der Waals surface area contributed by atoms with E-state index in [1.165, 1.54) is 4.90 Å². The number of carbonyl (C=O) groups is 2. The van der Waals surface area contributed by atoms with E-state index in [0.29, 0.717) is 40.0 Å². The van der Waals surface area contributed by atoms with E-state index in [-0.39, 0.29) is 17.4 Å². The largest absolute Gasteiger partial charge is 0.507 e. The van der Waals surface area contributed by atoms with Gasteiger partial charge in [0.25, 0.3) is 11.7 Å². The van der Waals surface area contributed by atoms with E-state index < -0.39 is 17.7 Å². The number of benzene rings is 2. The summed E-state index contributed by atoms with van der Waals surface area (Å²) in [6.45, 7) is 10.5. The quantitative estimate of drug-likeness (QED) is 0.275. The Balaban J connectivity index is 2.07. The summed E-state index contributed by atoms with van der Waals surface area (Å²) in [7, 11) is 0. The maximum Gasteiger partial charge on any atom is 0.295 e. The van der Waals surface area contributed by atoms with Crippen LogP contribution in [0.5, 0.6) is 5.75 Å². The predicted octanol–water partition coefficient (Wildman–Crippen LogP) is 5.54. The minimum Gasteiger partial charge on any atom is -0.507 e. The van der Waals surface area contributed by atoms with E-state index >= 15 is 0 Å². The number of amides is 1. The number of ether oxygens (including phenoxy) is 1. The third kappa shape index (κ3) is 5.57. The average molecular weight is 505 g/mol. The van der Waals surface area contributed by atoms with Crippen molar-refractivity contribution in [2.24, 2.45) is 0 Å². The van der Waals surface area contributed by atoms with Crippen LogP contribution in [-0.2, 0) is 9.59 Å². The molecule has 8 heteroatoms. The average Bonchev–Trinajstić information content (AvgIpc) is 3.06. The van der Waals surface area contributed by atoms with E-state index in [0.717, 1.165) is 13.1 Å². The number of Topliss-reactive ketones (excluding diaryl/α,β-unsaturated/α-hetero) is 1. The molecule has 0 aliphatic carbocycles. The lowest BCUT2D eigenvalue weighted by Gasteiger charge is -2.28. The summed E-state index contributed by atoms with van der Waals surface area (Å²) in [6.07, 6.45) is 0.00484. The van der Waals surface area contributed by atoms with Crippen molar-refractivity contribution in [2.75, 3.05) is 26.2 Å². The molecular formula is C26H30Cl2N2O4. The van der Waals surface area contributed by atoms with Crippen molar-refractivity contribution in [3.8, 4) is 5.75 Å². The maximum absolute atomic E-state index is 13.2. The van der Waals surface area contributed by atoms with Crippen LogP contribution < -0.4 is 4.74 Å². The Bertz CT molecular complexity index is 1080. The number of aliphatic hydroxyl groups excluding tert-OH is 1. The normalized spacial score (nSPS) is 17.8. The Kier molecular flexibility index (Phi) is 8.63. The van der Waals surface area contributed by atoms with Crippen molar-refractivity contribution in [1.29, 1.82) is 0 Å². The monoisotopic (exact) mass is 504 g/mol. The highest BCUT2D eigenvalue weighted by molar-refractivity contribution is 6.46. The van der Waals surface area contributed by atoms with Crippen LogP contribution >= 0.6 is 23.2 Å². The molecule has 1 aliphatic rings. The number of aliphatic hydroxyl groups is 1. The molecule has 0 saturated carbocycles. The summed E-state index contributed by atoms with van der Waals surface area (Å²) >= 11 is 12.4. The number of ketones is 1. The molecule has 1 heterocycles. The maximum atomic E-state index is 13.2. The Morgan fingerprint density at radius 3 is 2.26 bits per heavy atom. The number of likely N-dealkylation sites (tertiary alicyclic amines) is 1. The first-order valence-electron chi connectivity index (χ1n) is 11.4. The molecule has 34 heavy (non-hydrogen) atoms. The van der Waals surface area contributed by atoms with Gasteiger partial charge in [-0.15, -0.1) is 0 Å². The van der Waals surface area contributed by atoms with Gasteiger partial charge in [-0.05, 0) is 68.9 Å². The van der Waals surface area contributed by atoms with Gasteiger partial charge in [-0.1, -0.05) is 43.1 Å². The predicted molar refractivity (Wildman–Crippen MR) is 135 cm³/mol. The van der Waals surface area contributed by atoms with Crippen LogP contribution in [-0.4, -0.2) is 58.9 Å². The molecule has 0 bridgehead atoms. The number of carbonyl (C=O) groups excluding carboxylic acids is 2. The zero-order valence-corrected chi connectivity index (χ0v) is 21.4. The van der Waals surface area contributed by atoms with Gasteiger partial charge >= 0.3 is 0 Å². The number of hydrogen-bond acceptors (Lipinski definition) is 5. The highest BCUT2D eigenvalue weighted by Gasteiger charge is 2.46. The molecule has 0 aromatic heterocycles. The molecule has 1 unspecified atom stereocenters. The fraction of sp³-hybridized carbons (Fsp3) is 0.385. The standard InChI is InChI=1S/C26H30Cl2N2O4/c1-5-29(6-2)13-14-30-23(18-9-12-20(27)21(28)15-18)22(25(32)26(30)33)24(31)17-7-10-19(11-8-17)34-16(3)4/h7-12,15-16,23,31H,5-6,13-14H2,1-4H3. The number of rotatable bonds is 9. The Morgan fingerprint density at radius 2 is 1.71 bits per heavy atom. The fourth-order valence-electron chi connectivity index (χ4n) is 4.05. The van der Waals surface area contributed by atoms with Crippen LogP contribution in [0.3, 0.4) is 0 Å². The van der Waals surface area contributed by atoms with E-state index in [9.17, 15) is 14.7 Å². The van der Waals surface area contributed by atoms with Crippen LogP contribution in [0.25, 0.3) is 5.76 Å². The zero-order valence-electron chi connectivity index (χ0n) is 19.8. The summed E-state index contributed by atoms with van der Waals surface area (Å²) < 4.78 is 5.66. The third-order valence-corrected chi connectivity index (χ3v) is 6.59. The van der Waals surface area contributed by atoms with Crippen molar-refractivity contribution < 1.29 is 19.4 Å². The minimum atomic E-state index is -0.781. The van der Waals surface area contributed by atoms with Gasteiger partial charge in [-0.3, -0.25) is 9.59 Å². The summed E-state index contributed by atoms with van der Waals surface area (Å²) in [4.78, 5) is 29.9. The lowest BCUT2D eigenvalue weighted by atomic mass is 9.95. The number of halogens is 2. The summed E-state index contributed by atoms with van der Waals surface area (Å²) in [5.74, 6) is -0.969. The second-order valence-corrected chi connectivity index (χ2v) is 9.20. The highest BCUT2D eigenvalue weighted by atomic mass is 35.5. The molecule has 1 fully saturated rings. The summed E-state index contributed by atoms with van der Waals surface area (Å²) in [5, 5.41) is 11.9. The topological polar surface area (TPSA) is 70.1 Å². The Labute approximate surface area is 210 Å². The molecule has 0 radical (unpaired) electrons. The molecule has 1 saturated heterocycles. The van der Waals surface area contributed by atoms with E-state index in [1.54, 1.807) is 42.5 Å². The molecule has 1 amide bonds. The number of hydrogen-bond donors (Lipinski definition) is 1. The summed E-state index contributed by atoms with van der Waals surface area (Å²) in [6, 6.07) is 11.0. The Hall–Kier alpha value is -2.54. The van der Waals surface area contributed by atoms with Gasteiger partial charge in [0.05, 0.1) is 27.8 Å². The molecule has 3 rings (SSSR count). The van der Waals surface area contributed by atoms with Gasteiger partial charge in [0, 0.05) is 18.7 Å². The molecule has 1 aliphatic heterocycles. The smallest absolute Gasteiger partial charge is 0.295 e. The van der Waals surface area contributed by atoms with Crippen molar-refractivity contribution in [1.82, 2.24) is 9.80 Å². The van der Waals surface area contributed by atoms with E-state index in [2.05, 4.69) is 4.90 Å². The molecule has 1 N–H and O–H groups in total. The first kappa shape index (κ1) is 26.1. The van der Waals surface area contributed by atoms with Crippen molar-refractivity contribution in [3.63, 3.8) is 0 Å². The van der Waals surface area contributed by atoms with Crippen LogP contribution in [0.15, 0.2) is 48.0 Å². The third-order valence-electron chi connectivity index (χ3n) is 5.85. The molecule has 182 valence electrons. The van der Waals surface area contributed by atoms with Crippen molar-refractivity contribution >= 4 is 40.7 Å². The van der Waals surface area contributed by atoms with Gasteiger partial charge in [0.2, 0.25) is 0 Å². The van der Waals surface area contributed by atoms with Crippen LogP contribution in [0.2, 0.25) is 10.0 Å². The van der Waals surface area contributed by atoms with Gasteiger partial charge in [-0.2, -0.15) is 0 Å². The van der Waals surface area contributed by atoms with Crippen LogP contribution in [0.4, 0.5) is 0 Å². The van der Waals surface area contributed by atoms with Crippen molar-refractivity contribution in [2.45, 2.75) is 39.8 Å². The number of likely N-dealkylation sites (N-methyl/N-ethyl adjacent to an activating group) is 1.